The molecule has 0 saturated heterocycles. The SMILES string of the molecule is CC(O)c1ccc2c(c1)CC(=O)N2Cc1ccc(C#N)cc1. The molecule has 0 radical (unpaired) electrons. The second-order valence-corrected chi connectivity index (χ2v) is 5.53. The quantitative estimate of drug-likeness (QED) is 0.946. The van der Waals surface area contributed by atoms with E-state index in [0.29, 0.717) is 18.5 Å². The number of rotatable bonds is 3. The van der Waals surface area contributed by atoms with Gasteiger partial charge in [0.25, 0.3) is 0 Å². The molecule has 0 saturated carbocycles. The Morgan fingerprint density at radius 3 is 2.64 bits per heavy atom. The summed E-state index contributed by atoms with van der Waals surface area (Å²) in [4.78, 5) is 14.0. The maximum absolute atomic E-state index is 12.3. The Hall–Kier alpha value is -2.64. The normalized spacial score (nSPS) is 14.6. The van der Waals surface area contributed by atoms with Crippen LogP contribution in [-0.2, 0) is 17.8 Å². The summed E-state index contributed by atoms with van der Waals surface area (Å²) in [5, 5.41) is 18.5. The maximum atomic E-state index is 12.3. The van der Waals surface area contributed by atoms with Gasteiger partial charge in [-0.15, -0.1) is 0 Å². The Morgan fingerprint density at radius 2 is 2.00 bits per heavy atom. The van der Waals surface area contributed by atoms with Crippen LogP contribution in [0.25, 0.3) is 0 Å². The second kappa shape index (κ2) is 5.63. The first kappa shape index (κ1) is 14.3. The fourth-order valence-electron chi connectivity index (χ4n) is 2.70. The number of aliphatic hydroxyl groups excluding tert-OH is 1. The fourth-order valence-corrected chi connectivity index (χ4v) is 2.70. The average molecular weight is 292 g/mol. The summed E-state index contributed by atoms with van der Waals surface area (Å²) < 4.78 is 0. The monoisotopic (exact) mass is 292 g/mol. The van der Waals surface area contributed by atoms with Crippen LogP contribution in [0.5, 0.6) is 0 Å². The molecule has 4 heteroatoms. The first-order chi connectivity index (χ1) is 10.6. The van der Waals surface area contributed by atoms with E-state index in [1.807, 2.05) is 30.3 Å². The van der Waals surface area contributed by atoms with Crippen molar-refractivity contribution < 1.29 is 9.90 Å². The van der Waals surface area contributed by atoms with Gasteiger partial charge < -0.3 is 10.0 Å². The van der Waals surface area contributed by atoms with Gasteiger partial charge in [0.2, 0.25) is 5.91 Å². The van der Waals surface area contributed by atoms with Crippen molar-refractivity contribution in [1.82, 2.24) is 0 Å². The molecule has 0 fully saturated rings. The van der Waals surface area contributed by atoms with E-state index >= 15 is 0 Å². The lowest BCUT2D eigenvalue weighted by Gasteiger charge is -2.18. The molecule has 22 heavy (non-hydrogen) atoms. The number of anilines is 1. The third kappa shape index (κ3) is 2.59. The van der Waals surface area contributed by atoms with Crippen LogP contribution in [0.1, 0.15) is 35.3 Å². The molecule has 2 aromatic carbocycles. The third-order valence-corrected chi connectivity index (χ3v) is 3.94. The Balaban J connectivity index is 1.87. The van der Waals surface area contributed by atoms with E-state index in [2.05, 4.69) is 6.07 Å². The zero-order chi connectivity index (χ0) is 15.7. The van der Waals surface area contributed by atoms with Gasteiger partial charge >= 0.3 is 0 Å². The minimum atomic E-state index is -0.534. The molecule has 1 heterocycles. The van der Waals surface area contributed by atoms with Gasteiger partial charge in [0.05, 0.1) is 30.7 Å². The predicted octanol–water partition coefficient (Wildman–Crippen LogP) is 2.70. The first-order valence-corrected chi connectivity index (χ1v) is 7.19. The number of nitrogens with zero attached hydrogens (tertiary/aromatic N) is 2. The highest BCUT2D eigenvalue weighted by molar-refractivity contribution is 6.01. The van der Waals surface area contributed by atoms with Crippen molar-refractivity contribution >= 4 is 11.6 Å². The molecule has 0 spiro atoms. The van der Waals surface area contributed by atoms with Crippen LogP contribution in [0.3, 0.4) is 0 Å². The topological polar surface area (TPSA) is 64.3 Å². The number of fused-ring (bicyclic) bond motifs is 1. The minimum Gasteiger partial charge on any atom is -0.389 e. The fraction of sp³-hybridized carbons (Fsp3) is 0.222. The molecular weight excluding hydrogens is 276 g/mol. The zero-order valence-corrected chi connectivity index (χ0v) is 12.3. The molecule has 1 aliphatic heterocycles. The number of carbonyl (C=O) groups is 1. The van der Waals surface area contributed by atoms with Crippen LogP contribution in [0, 0.1) is 11.3 Å². The van der Waals surface area contributed by atoms with E-state index in [1.165, 1.54) is 0 Å². The molecule has 0 aliphatic carbocycles. The van der Waals surface area contributed by atoms with E-state index in [4.69, 9.17) is 5.26 Å². The van der Waals surface area contributed by atoms with E-state index in [0.717, 1.165) is 22.4 Å². The lowest BCUT2D eigenvalue weighted by molar-refractivity contribution is -0.117. The number of hydrogen-bond acceptors (Lipinski definition) is 3. The predicted molar refractivity (Wildman–Crippen MR) is 83.1 cm³/mol. The number of amides is 1. The van der Waals surface area contributed by atoms with Crippen molar-refractivity contribution in [2.75, 3.05) is 4.90 Å². The summed E-state index contributed by atoms with van der Waals surface area (Å²) in [6.45, 7) is 2.21. The number of nitriles is 1. The summed E-state index contributed by atoms with van der Waals surface area (Å²) in [6, 6.07) is 15.0. The average Bonchev–Trinajstić information content (AvgIpc) is 2.83. The lowest BCUT2D eigenvalue weighted by atomic mass is 10.0. The van der Waals surface area contributed by atoms with E-state index in [-0.39, 0.29) is 5.91 Å². The zero-order valence-electron chi connectivity index (χ0n) is 12.3. The summed E-state index contributed by atoms with van der Waals surface area (Å²) in [6.07, 6.45) is -0.167. The molecule has 0 bridgehead atoms. The summed E-state index contributed by atoms with van der Waals surface area (Å²) in [5.41, 5.74) is 4.28. The minimum absolute atomic E-state index is 0.0575. The maximum Gasteiger partial charge on any atom is 0.231 e. The standard InChI is InChI=1S/C18H16N2O2/c1-12(21)15-6-7-17-16(8-15)9-18(22)20(17)11-14-4-2-13(10-19)3-5-14/h2-8,12,21H,9,11H2,1H3. The summed E-state index contributed by atoms with van der Waals surface area (Å²) in [7, 11) is 0. The highest BCUT2D eigenvalue weighted by Gasteiger charge is 2.27. The van der Waals surface area contributed by atoms with Crippen molar-refractivity contribution in [3.05, 3.63) is 64.7 Å². The number of benzene rings is 2. The molecule has 0 aromatic heterocycles. The molecule has 2 aromatic rings. The van der Waals surface area contributed by atoms with E-state index in [1.54, 1.807) is 24.0 Å². The molecule has 1 aliphatic rings. The van der Waals surface area contributed by atoms with Gasteiger partial charge in [0, 0.05) is 5.69 Å². The molecule has 1 N–H and O–H groups in total. The van der Waals surface area contributed by atoms with E-state index < -0.39 is 6.10 Å². The molecule has 1 amide bonds. The molecule has 3 rings (SSSR count). The van der Waals surface area contributed by atoms with Crippen LogP contribution in [0.2, 0.25) is 0 Å². The highest BCUT2D eigenvalue weighted by Crippen LogP contribution is 2.32. The van der Waals surface area contributed by atoms with Crippen LogP contribution in [-0.4, -0.2) is 11.0 Å². The van der Waals surface area contributed by atoms with Gasteiger partial charge in [-0.05, 0) is 41.8 Å². The number of carbonyl (C=O) groups excluding carboxylic acids is 1. The number of hydrogen-bond donors (Lipinski definition) is 1. The molecule has 4 nitrogen and oxygen atoms in total. The van der Waals surface area contributed by atoms with Crippen molar-refractivity contribution in [3.63, 3.8) is 0 Å². The van der Waals surface area contributed by atoms with Crippen molar-refractivity contribution in [3.8, 4) is 6.07 Å². The Labute approximate surface area is 129 Å². The van der Waals surface area contributed by atoms with Crippen molar-refractivity contribution in [2.24, 2.45) is 0 Å². The van der Waals surface area contributed by atoms with Gasteiger partial charge in [0.1, 0.15) is 0 Å². The summed E-state index contributed by atoms with van der Waals surface area (Å²) >= 11 is 0. The van der Waals surface area contributed by atoms with Gasteiger partial charge in [-0.3, -0.25) is 4.79 Å². The largest absolute Gasteiger partial charge is 0.389 e. The van der Waals surface area contributed by atoms with Gasteiger partial charge in [-0.2, -0.15) is 5.26 Å². The second-order valence-electron chi connectivity index (χ2n) is 5.53. The molecule has 1 unspecified atom stereocenters. The summed E-state index contributed by atoms with van der Waals surface area (Å²) in [5.74, 6) is 0.0575. The van der Waals surface area contributed by atoms with Gasteiger partial charge in [0.15, 0.2) is 0 Å². The van der Waals surface area contributed by atoms with Crippen LogP contribution >= 0.6 is 0 Å². The third-order valence-electron chi connectivity index (χ3n) is 3.94. The Kier molecular flexibility index (Phi) is 3.66. The lowest BCUT2D eigenvalue weighted by Crippen LogP contribution is -2.25. The number of aliphatic hydroxyl groups is 1. The Morgan fingerprint density at radius 1 is 1.27 bits per heavy atom. The first-order valence-electron chi connectivity index (χ1n) is 7.19. The van der Waals surface area contributed by atoms with E-state index in [9.17, 15) is 9.90 Å². The van der Waals surface area contributed by atoms with Crippen LogP contribution in [0.4, 0.5) is 5.69 Å². The Bertz CT molecular complexity index is 758. The van der Waals surface area contributed by atoms with Crippen molar-refractivity contribution in [1.29, 1.82) is 5.26 Å². The van der Waals surface area contributed by atoms with Crippen LogP contribution in [0.15, 0.2) is 42.5 Å². The van der Waals surface area contributed by atoms with Crippen molar-refractivity contribution in [2.45, 2.75) is 26.0 Å². The smallest absolute Gasteiger partial charge is 0.231 e. The molecule has 1 atom stereocenters. The van der Waals surface area contributed by atoms with Gasteiger partial charge in [-0.1, -0.05) is 24.3 Å². The molecule has 110 valence electrons. The van der Waals surface area contributed by atoms with Gasteiger partial charge in [-0.25, -0.2) is 0 Å². The van der Waals surface area contributed by atoms with Crippen LogP contribution < -0.4 is 4.90 Å². The highest BCUT2D eigenvalue weighted by atomic mass is 16.3. The molecular formula is C18H16N2O2.